The van der Waals surface area contributed by atoms with Crippen LogP contribution in [0.25, 0.3) is 16.7 Å². The molecule has 0 atom stereocenters. The fourth-order valence-electron chi connectivity index (χ4n) is 4.30. The van der Waals surface area contributed by atoms with E-state index in [2.05, 4.69) is 38.8 Å². The molecule has 0 aliphatic carbocycles. The highest BCUT2D eigenvalue weighted by Gasteiger charge is 2.17. The zero-order valence-electron chi connectivity index (χ0n) is 21.5. The lowest BCUT2D eigenvalue weighted by Crippen LogP contribution is -2.29. The molecule has 4 rings (SSSR count). The van der Waals surface area contributed by atoms with Crippen molar-refractivity contribution in [2.45, 2.75) is 65.8 Å². The van der Waals surface area contributed by atoms with Gasteiger partial charge in [0.05, 0.1) is 10.9 Å². The van der Waals surface area contributed by atoms with Gasteiger partial charge in [-0.1, -0.05) is 58.7 Å². The van der Waals surface area contributed by atoms with E-state index in [4.69, 9.17) is 4.98 Å². The number of pyridine rings is 2. The number of carbonyl (C=O) groups is 1. The molecule has 0 radical (unpaired) electrons. The molecular formula is C29H31N5O2. The van der Waals surface area contributed by atoms with Crippen LogP contribution in [0.15, 0.2) is 58.4 Å². The molecule has 0 aliphatic rings. The quantitative estimate of drug-likeness (QED) is 0.294. The van der Waals surface area contributed by atoms with Gasteiger partial charge in [0.1, 0.15) is 17.4 Å². The van der Waals surface area contributed by atoms with Gasteiger partial charge in [-0.2, -0.15) is 10.3 Å². The number of benzene rings is 1. The van der Waals surface area contributed by atoms with E-state index >= 15 is 0 Å². The largest absolute Gasteiger partial charge is 0.309 e. The van der Waals surface area contributed by atoms with Crippen LogP contribution in [0.5, 0.6) is 0 Å². The van der Waals surface area contributed by atoms with Crippen LogP contribution in [0, 0.1) is 18.3 Å². The molecule has 0 aliphatic heterocycles. The van der Waals surface area contributed by atoms with Crippen LogP contribution in [0.1, 0.15) is 74.0 Å². The average Bonchev–Trinajstić information content (AvgIpc) is 2.85. The molecular weight excluding hydrogens is 450 g/mol. The molecule has 4 aromatic rings. The Labute approximate surface area is 210 Å². The van der Waals surface area contributed by atoms with E-state index in [9.17, 15) is 14.9 Å². The summed E-state index contributed by atoms with van der Waals surface area (Å²) in [5.41, 5.74) is 3.50. The number of hydrogen-bond acceptors (Lipinski definition) is 4. The standard InChI is InChI=1S/C29H31N5O2/c1-6-7-8-15-33-25(32-27(35)20-11-13-22(14-12-20)29(3,4)5)21(18-30)17-23-26(33)31-24-19(2)10-9-16-34(24)28(23)36/h9-14,16-17H,6-8,15H2,1-5H3. The molecule has 184 valence electrons. The summed E-state index contributed by atoms with van der Waals surface area (Å²) >= 11 is 0. The molecule has 1 aromatic carbocycles. The molecule has 7 nitrogen and oxygen atoms in total. The summed E-state index contributed by atoms with van der Waals surface area (Å²) in [6.45, 7) is 10.8. The Morgan fingerprint density at radius 1 is 1.11 bits per heavy atom. The molecule has 0 bridgehead atoms. The van der Waals surface area contributed by atoms with E-state index in [1.807, 2.05) is 25.1 Å². The molecule has 0 saturated carbocycles. The van der Waals surface area contributed by atoms with Crippen molar-refractivity contribution in [1.29, 1.82) is 5.26 Å². The smallest absolute Gasteiger partial charge is 0.278 e. The first kappa shape index (κ1) is 25.1. The normalized spacial score (nSPS) is 12.3. The molecule has 36 heavy (non-hydrogen) atoms. The van der Waals surface area contributed by atoms with Gasteiger partial charge in [0.2, 0.25) is 0 Å². The lowest BCUT2D eigenvalue weighted by molar-refractivity contribution is 0.0997. The van der Waals surface area contributed by atoms with E-state index in [0.29, 0.717) is 28.8 Å². The summed E-state index contributed by atoms with van der Waals surface area (Å²) in [6.07, 6.45) is 4.43. The molecule has 1 amide bonds. The van der Waals surface area contributed by atoms with E-state index in [-0.39, 0.29) is 22.0 Å². The molecule has 0 fully saturated rings. The van der Waals surface area contributed by atoms with Crippen LogP contribution >= 0.6 is 0 Å². The first-order valence-corrected chi connectivity index (χ1v) is 12.3. The molecule has 3 heterocycles. The Balaban J connectivity index is 1.99. The number of unbranched alkanes of at least 4 members (excludes halogenated alkanes) is 2. The highest BCUT2D eigenvalue weighted by molar-refractivity contribution is 5.95. The van der Waals surface area contributed by atoms with E-state index in [0.717, 1.165) is 30.4 Å². The van der Waals surface area contributed by atoms with Gasteiger partial charge in [0.25, 0.3) is 11.5 Å². The van der Waals surface area contributed by atoms with Gasteiger partial charge in [-0.3, -0.25) is 14.0 Å². The first-order chi connectivity index (χ1) is 17.2. The van der Waals surface area contributed by atoms with Crippen molar-refractivity contribution < 1.29 is 4.79 Å². The molecule has 0 saturated heterocycles. The zero-order chi connectivity index (χ0) is 26.0. The Bertz CT molecular complexity index is 1630. The Hall–Kier alpha value is -4.05. The van der Waals surface area contributed by atoms with Gasteiger partial charge >= 0.3 is 0 Å². The predicted molar refractivity (Wildman–Crippen MR) is 141 cm³/mol. The number of rotatable bonds is 5. The van der Waals surface area contributed by atoms with Gasteiger partial charge < -0.3 is 4.57 Å². The van der Waals surface area contributed by atoms with Gasteiger partial charge in [-0.05, 0) is 54.2 Å². The first-order valence-electron chi connectivity index (χ1n) is 12.3. The van der Waals surface area contributed by atoms with Gasteiger partial charge in [0, 0.05) is 18.3 Å². The second-order valence-corrected chi connectivity index (χ2v) is 10.1. The minimum atomic E-state index is -0.441. The summed E-state index contributed by atoms with van der Waals surface area (Å²) in [5.74, 6) is -0.441. The second-order valence-electron chi connectivity index (χ2n) is 10.1. The fourth-order valence-corrected chi connectivity index (χ4v) is 4.30. The van der Waals surface area contributed by atoms with Crippen LogP contribution in [0.2, 0.25) is 0 Å². The third-order valence-corrected chi connectivity index (χ3v) is 6.42. The monoisotopic (exact) mass is 481 g/mol. The number of hydrogen-bond donors (Lipinski definition) is 0. The Morgan fingerprint density at radius 2 is 1.83 bits per heavy atom. The summed E-state index contributed by atoms with van der Waals surface area (Å²) in [7, 11) is 0. The number of carbonyl (C=O) groups excluding carboxylic acids is 1. The highest BCUT2D eigenvalue weighted by Crippen LogP contribution is 2.22. The second kappa shape index (κ2) is 9.90. The number of nitrogens with zero attached hydrogens (tertiary/aromatic N) is 5. The number of aromatic nitrogens is 3. The third kappa shape index (κ3) is 4.72. The number of aryl methyl sites for hydroxylation is 2. The lowest BCUT2D eigenvalue weighted by Gasteiger charge is -2.18. The maximum atomic E-state index is 13.4. The van der Waals surface area contributed by atoms with Crippen molar-refractivity contribution in [3.05, 3.63) is 86.8 Å². The van der Waals surface area contributed by atoms with Crippen LogP contribution < -0.4 is 11.0 Å². The number of nitriles is 1. The molecule has 3 aromatic heterocycles. The zero-order valence-corrected chi connectivity index (χ0v) is 21.5. The SMILES string of the molecule is CCCCCn1c(=NC(=O)c2ccc(C(C)(C)C)cc2)c(C#N)cc2c(=O)n3cccc(C)c3nc21. The Kier molecular flexibility index (Phi) is 6.89. The summed E-state index contributed by atoms with van der Waals surface area (Å²) < 4.78 is 3.26. The maximum Gasteiger partial charge on any atom is 0.278 e. The van der Waals surface area contributed by atoms with Crippen LogP contribution in [-0.2, 0) is 12.0 Å². The van der Waals surface area contributed by atoms with Crippen molar-refractivity contribution in [1.82, 2.24) is 14.0 Å². The lowest BCUT2D eigenvalue weighted by atomic mass is 9.87. The predicted octanol–water partition coefficient (Wildman–Crippen LogP) is 5.06. The van der Waals surface area contributed by atoms with E-state index in [1.165, 1.54) is 10.5 Å². The third-order valence-electron chi connectivity index (χ3n) is 6.42. The van der Waals surface area contributed by atoms with Crippen LogP contribution in [0.3, 0.4) is 0 Å². The van der Waals surface area contributed by atoms with Crippen LogP contribution in [0.4, 0.5) is 0 Å². The van der Waals surface area contributed by atoms with Crippen molar-refractivity contribution in [2.24, 2.45) is 4.99 Å². The minimum absolute atomic E-state index is 0.0338. The average molecular weight is 482 g/mol. The van der Waals surface area contributed by atoms with Crippen molar-refractivity contribution in [2.75, 3.05) is 0 Å². The molecule has 0 N–H and O–H groups in total. The Morgan fingerprint density at radius 3 is 2.47 bits per heavy atom. The summed E-state index contributed by atoms with van der Waals surface area (Å²) in [4.78, 5) is 35.8. The highest BCUT2D eigenvalue weighted by atomic mass is 16.1. The van der Waals surface area contributed by atoms with E-state index in [1.54, 1.807) is 29.0 Å². The fraction of sp³-hybridized carbons (Fsp3) is 0.345. The topological polar surface area (TPSA) is 92.5 Å². The van der Waals surface area contributed by atoms with E-state index < -0.39 is 5.91 Å². The number of fused-ring (bicyclic) bond motifs is 2. The number of amides is 1. The summed E-state index contributed by atoms with van der Waals surface area (Å²) in [6, 6.07) is 14.7. The minimum Gasteiger partial charge on any atom is -0.309 e. The molecule has 0 spiro atoms. The van der Waals surface area contributed by atoms with Crippen molar-refractivity contribution >= 4 is 22.6 Å². The molecule has 0 unspecified atom stereocenters. The van der Waals surface area contributed by atoms with Crippen molar-refractivity contribution in [3.63, 3.8) is 0 Å². The van der Waals surface area contributed by atoms with Gasteiger partial charge in [0.15, 0.2) is 5.49 Å². The van der Waals surface area contributed by atoms with Gasteiger partial charge in [-0.25, -0.2) is 4.98 Å². The van der Waals surface area contributed by atoms with Crippen LogP contribution in [-0.4, -0.2) is 19.9 Å². The molecule has 7 heteroatoms. The van der Waals surface area contributed by atoms with Crippen molar-refractivity contribution in [3.8, 4) is 6.07 Å². The van der Waals surface area contributed by atoms with Gasteiger partial charge in [-0.15, -0.1) is 0 Å². The maximum absolute atomic E-state index is 13.4. The summed E-state index contributed by atoms with van der Waals surface area (Å²) in [5, 5.41) is 10.3.